The molecular weight excluding hydrogens is 508 g/mol. The zero-order valence-electron chi connectivity index (χ0n) is 19.3. The molecule has 0 fully saturated rings. The molecule has 1 amide bonds. The minimum absolute atomic E-state index is 0.0523. The Kier molecular flexibility index (Phi) is 9.52. The molecule has 3 aromatic rings. The van der Waals surface area contributed by atoms with E-state index < -0.39 is 5.91 Å². The van der Waals surface area contributed by atoms with Crippen molar-refractivity contribution < 1.29 is 19.0 Å². The first-order valence-electron chi connectivity index (χ1n) is 10.9. The lowest BCUT2D eigenvalue weighted by Gasteiger charge is -2.14. The van der Waals surface area contributed by atoms with Gasteiger partial charge in [-0.25, -0.2) is 0 Å². The van der Waals surface area contributed by atoms with E-state index in [9.17, 15) is 10.1 Å². The van der Waals surface area contributed by atoms with E-state index in [-0.39, 0.29) is 5.57 Å². The maximum Gasteiger partial charge on any atom is 0.266 e. The van der Waals surface area contributed by atoms with Crippen LogP contribution < -0.4 is 19.5 Å². The van der Waals surface area contributed by atoms with E-state index in [0.717, 1.165) is 5.56 Å². The molecule has 3 rings (SSSR count). The summed E-state index contributed by atoms with van der Waals surface area (Å²) in [5, 5.41) is 12.3. The monoisotopic (exact) mass is 532 g/mol. The summed E-state index contributed by atoms with van der Waals surface area (Å²) in [6.45, 7) is 6.71. The lowest BCUT2D eigenvalue weighted by Crippen LogP contribution is -2.13. The molecule has 3 aromatic carbocycles. The van der Waals surface area contributed by atoms with Crippen LogP contribution in [0.2, 0.25) is 0 Å². The summed E-state index contributed by atoms with van der Waals surface area (Å²) in [6.07, 6.45) is 3.13. The van der Waals surface area contributed by atoms with Crippen LogP contribution in [0.25, 0.3) is 6.08 Å². The van der Waals surface area contributed by atoms with Gasteiger partial charge in [0.2, 0.25) is 0 Å². The first-order valence-corrected chi connectivity index (χ1v) is 11.7. The van der Waals surface area contributed by atoms with Gasteiger partial charge in [-0.05, 0) is 76.5 Å². The van der Waals surface area contributed by atoms with Gasteiger partial charge in [-0.15, -0.1) is 0 Å². The van der Waals surface area contributed by atoms with E-state index in [4.69, 9.17) is 14.2 Å². The molecule has 35 heavy (non-hydrogen) atoms. The van der Waals surface area contributed by atoms with Crippen molar-refractivity contribution in [2.45, 2.75) is 13.5 Å². The van der Waals surface area contributed by atoms with Crippen molar-refractivity contribution in [3.8, 4) is 23.3 Å². The summed E-state index contributed by atoms with van der Waals surface area (Å²) in [5.41, 5.74) is 2.17. The smallest absolute Gasteiger partial charge is 0.266 e. The SMILES string of the molecule is C=CCOc1c(Br)cc(/C=C(\C#N)C(=O)Nc2ccc(OCc3ccccc3)cc2)cc1OCC. The van der Waals surface area contributed by atoms with Crippen LogP contribution in [-0.2, 0) is 11.4 Å². The van der Waals surface area contributed by atoms with Gasteiger partial charge in [0, 0.05) is 5.69 Å². The first-order chi connectivity index (χ1) is 17.0. The Bertz CT molecular complexity index is 1230. The van der Waals surface area contributed by atoms with Gasteiger partial charge >= 0.3 is 0 Å². The molecule has 7 heteroatoms. The fourth-order valence-corrected chi connectivity index (χ4v) is 3.68. The number of nitrogens with one attached hydrogen (secondary N) is 1. The average molecular weight is 533 g/mol. The molecule has 0 heterocycles. The number of benzene rings is 3. The minimum Gasteiger partial charge on any atom is -0.490 e. The zero-order chi connectivity index (χ0) is 25.0. The number of carbonyl (C=O) groups is 1. The third kappa shape index (κ3) is 7.49. The highest BCUT2D eigenvalue weighted by atomic mass is 79.9. The summed E-state index contributed by atoms with van der Waals surface area (Å²) < 4.78 is 17.7. The Hall–Kier alpha value is -4.02. The molecule has 178 valence electrons. The van der Waals surface area contributed by atoms with Crippen molar-refractivity contribution >= 4 is 33.6 Å². The second-order valence-electron chi connectivity index (χ2n) is 7.29. The molecule has 0 atom stereocenters. The van der Waals surface area contributed by atoms with Crippen LogP contribution in [0.4, 0.5) is 5.69 Å². The van der Waals surface area contributed by atoms with Gasteiger partial charge in [-0.3, -0.25) is 4.79 Å². The fourth-order valence-electron chi connectivity index (χ4n) is 3.11. The molecule has 0 aliphatic heterocycles. The normalized spacial score (nSPS) is 10.7. The quantitative estimate of drug-likeness (QED) is 0.172. The van der Waals surface area contributed by atoms with Crippen LogP contribution in [0.15, 0.2) is 89.4 Å². The maximum atomic E-state index is 12.7. The van der Waals surface area contributed by atoms with E-state index in [1.54, 1.807) is 42.5 Å². The fraction of sp³-hybridized carbons (Fsp3) is 0.143. The summed E-state index contributed by atoms with van der Waals surface area (Å²) in [7, 11) is 0. The molecule has 6 nitrogen and oxygen atoms in total. The minimum atomic E-state index is -0.522. The summed E-state index contributed by atoms with van der Waals surface area (Å²) in [5.74, 6) is 1.18. The predicted molar refractivity (Wildman–Crippen MR) is 140 cm³/mol. The molecule has 0 spiro atoms. The van der Waals surface area contributed by atoms with Crippen LogP contribution in [0, 0.1) is 11.3 Å². The Labute approximate surface area is 213 Å². The number of anilines is 1. The zero-order valence-corrected chi connectivity index (χ0v) is 20.9. The molecule has 0 unspecified atom stereocenters. The van der Waals surface area contributed by atoms with Crippen LogP contribution in [0.3, 0.4) is 0 Å². The Morgan fingerprint density at radius 3 is 2.49 bits per heavy atom. The number of rotatable bonds is 11. The van der Waals surface area contributed by atoms with Gasteiger partial charge in [-0.2, -0.15) is 5.26 Å². The molecule has 0 saturated heterocycles. The second-order valence-corrected chi connectivity index (χ2v) is 8.14. The Morgan fingerprint density at radius 1 is 1.09 bits per heavy atom. The van der Waals surface area contributed by atoms with E-state index in [0.29, 0.717) is 52.8 Å². The number of nitrogens with zero attached hydrogens (tertiary/aromatic N) is 1. The topological polar surface area (TPSA) is 80.6 Å². The van der Waals surface area contributed by atoms with Crippen LogP contribution >= 0.6 is 15.9 Å². The largest absolute Gasteiger partial charge is 0.490 e. The summed E-state index contributed by atoms with van der Waals surface area (Å²) >= 11 is 3.47. The van der Waals surface area contributed by atoms with Crippen molar-refractivity contribution in [3.63, 3.8) is 0 Å². The predicted octanol–water partition coefficient (Wildman–Crippen LogP) is 6.54. The number of hydrogen-bond donors (Lipinski definition) is 1. The van der Waals surface area contributed by atoms with Crippen LogP contribution in [0.1, 0.15) is 18.1 Å². The molecule has 0 aliphatic rings. The van der Waals surface area contributed by atoms with E-state index in [1.807, 2.05) is 43.3 Å². The lowest BCUT2D eigenvalue weighted by atomic mass is 10.1. The molecule has 0 aromatic heterocycles. The van der Waals surface area contributed by atoms with Gasteiger partial charge in [0.15, 0.2) is 11.5 Å². The third-order valence-electron chi connectivity index (χ3n) is 4.71. The number of carbonyl (C=O) groups excluding carboxylic acids is 1. The maximum absolute atomic E-state index is 12.7. The van der Waals surface area contributed by atoms with Crippen LogP contribution in [-0.4, -0.2) is 19.1 Å². The van der Waals surface area contributed by atoms with Crippen molar-refractivity contribution in [3.05, 3.63) is 101 Å². The van der Waals surface area contributed by atoms with Crippen molar-refractivity contribution in [1.82, 2.24) is 0 Å². The van der Waals surface area contributed by atoms with Gasteiger partial charge in [0.1, 0.15) is 30.6 Å². The summed E-state index contributed by atoms with van der Waals surface area (Å²) in [4.78, 5) is 12.7. The first kappa shape index (κ1) is 25.6. The highest BCUT2D eigenvalue weighted by Crippen LogP contribution is 2.37. The molecule has 0 bridgehead atoms. The number of nitriles is 1. The van der Waals surface area contributed by atoms with Crippen molar-refractivity contribution in [2.75, 3.05) is 18.5 Å². The summed E-state index contributed by atoms with van der Waals surface area (Å²) in [6, 6.07) is 22.3. The Balaban J connectivity index is 1.70. The number of amides is 1. The van der Waals surface area contributed by atoms with Crippen LogP contribution in [0.5, 0.6) is 17.2 Å². The average Bonchev–Trinajstić information content (AvgIpc) is 2.87. The molecular formula is C28H25BrN2O4. The highest BCUT2D eigenvalue weighted by molar-refractivity contribution is 9.10. The Morgan fingerprint density at radius 2 is 1.83 bits per heavy atom. The highest BCUT2D eigenvalue weighted by Gasteiger charge is 2.14. The lowest BCUT2D eigenvalue weighted by molar-refractivity contribution is -0.112. The van der Waals surface area contributed by atoms with Gasteiger partial charge in [0.05, 0.1) is 11.1 Å². The standard InChI is InChI=1S/C28H25BrN2O4/c1-3-14-34-27-25(29)16-21(17-26(27)33-4-2)15-22(18-30)28(32)31-23-10-12-24(13-11-23)35-19-20-8-6-5-7-9-20/h3,5-13,15-17H,1,4,14,19H2,2H3,(H,31,32)/b22-15+. The third-order valence-corrected chi connectivity index (χ3v) is 5.30. The number of hydrogen-bond acceptors (Lipinski definition) is 5. The van der Waals surface area contributed by atoms with Crippen molar-refractivity contribution in [2.24, 2.45) is 0 Å². The molecule has 0 saturated carbocycles. The van der Waals surface area contributed by atoms with Gasteiger partial charge in [0.25, 0.3) is 5.91 Å². The van der Waals surface area contributed by atoms with Crippen molar-refractivity contribution in [1.29, 1.82) is 5.26 Å². The van der Waals surface area contributed by atoms with Gasteiger partial charge in [-0.1, -0.05) is 43.0 Å². The second kappa shape index (κ2) is 13.0. The van der Waals surface area contributed by atoms with E-state index in [1.165, 1.54) is 6.08 Å². The van der Waals surface area contributed by atoms with Gasteiger partial charge < -0.3 is 19.5 Å². The van der Waals surface area contributed by atoms with E-state index >= 15 is 0 Å². The number of ether oxygens (including phenoxy) is 3. The molecule has 0 radical (unpaired) electrons. The molecule has 0 aliphatic carbocycles. The number of halogens is 1. The molecule has 1 N–H and O–H groups in total. The van der Waals surface area contributed by atoms with E-state index in [2.05, 4.69) is 27.8 Å².